The van der Waals surface area contributed by atoms with E-state index in [9.17, 15) is 8.42 Å². The number of nitrogens with zero attached hydrogens (tertiary/aromatic N) is 1. The predicted molar refractivity (Wildman–Crippen MR) is 48.3 cm³/mol. The highest BCUT2D eigenvalue weighted by atomic mass is 32.2. The summed E-state index contributed by atoms with van der Waals surface area (Å²) in [6, 6.07) is 0. The maximum Gasteiger partial charge on any atom is 0.211 e. The van der Waals surface area contributed by atoms with Gasteiger partial charge in [-0.1, -0.05) is 6.08 Å². The minimum Gasteiger partial charge on any atom is -0.396 e. The van der Waals surface area contributed by atoms with Gasteiger partial charge in [0.25, 0.3) is 0 Å². The molecule has 0 amide bonds. The van der Waals surface area contributed by atoms with Gasteiger partial charge in [-0.25, -0.2) is 8.42 Å². The average Bonchev–Trinajstić information content (AvgIpc) is 1.95. The number of sulfonamides is 1. The van der Waals surface area contributed by atoms with Crippen molar-refractivity contribution >= 4 is 10.0 Å². The molecule has 12 heavy (non-hydrogen) atoms. The van der Waals surface area contributed by atoms with E-state index in [1.807, 2.05) is 0 Å². The largest absolute Gasteiger partial charge is 0.396 e. The third-order valence-corrected chi connectivity index (χ3v) is 2.64. The maximum atomic E-state index is 11.0. The van der Waals surface area contributed by atoms with Crippen LogP contribution in [0.2, 0.25) is 0 Å². The summed E-state index contributed by atoms with van der Waals surface area (Å²) in [6.07, 6.45) is 3.13. The first-order valence-electron chi connectivity index (χ1n) is 3.69. The molecule has 0 fully saturated rings. The van der Waals surface area contributed by atoms with E-state index in [1.165, 1.54) is 10.4 Å². The smallest absolute Gasteiger partial charge is 0.211 e. The summed E-state index contributed by atoms with van der Waals surface area (Å²) in [5, 5.41) is 8.50. The normalized spacial score (nSPS) is 11.9. The summed E-state index contributed by atoms with van der Waals surface area (Å²) in [4.78, 5) is 0. The van der Waals surface area contributed by atoms with Crippen molar-refractivity contribution < 1.29 is 13.5 Å². The first-order valence-corrected chi connectivity index (χ1v) is 5.54. The molecule has 0 unspecified atom stereocenters. The van der Waals surface area contributed by atoms with Crippen LogP contribution < -0.4 is 0 Å². The van der Waals surface area contributed by atoms with Gasteiger partial charge < -0.3 is 5.11 Å². The van der Waals surface area contributed by atoms with Gasteiger partial charge >= 0.3 is 0 Å². The molecule has 0 spiro atoms. The molecule has 0 radical (unpaired) electrons. The molecule has 0 aliphatic carbocycles. The monoisotopic (exact) mass is 193 g/mol. The fourth-order valence-electron chi connectivity index (χ4n) is 0.784. The molecule has 0 rings (SSSR count). The van der Waals surface area contributed by atoms with Crippen molar-refractivity contribution in [2.75, 3.05) is 26.0 Å². The predicted octanol–water partition coefficient (Wildman–Crippen LogP) is -0.184. The number of hydrogen-bond donors (Lipinski definition) is 1. The van der Waals surface area contributed by atoms with Crippen molar-refractivity contribution in [3.63, 3.8) is 0 Å². The fourth-order valence-corrected chi connectivity index (χ4v) is 1.62. The Morgan fingerprint density at radius 2 is 2.17 bits per heavy atom. The summed E-state index contributed by atoms with van der Waals surface area (Å²) in [5.74, 6) is 0. The van der Waals surface area contributed by atoms with Gasteiger partial charge in [0.15, 0.2) is 0 Å². The minimum atomic E-state index is -3.15. The second-order valence-corrected chi connectivity index (χ2v) is 4.47. The van der Waals surface area contributed by atoms with Crippen LogP contribution in [0.3, 0.4) is 0 Å². The topological polar surface area (TPSA) is 57.6 Å². The van der Waals surface area contributed by atoms with Gasteiger partial charge in [-0.2, -0.15) is 4.31 Å². The molecular weight excluding hydrogens is 178 g/mol. The minimum absolute atomic E-state index is 0.00314. The first-order chi connectivity index (χ1) is 5.52. The number of aliphatic hydroxyl groups is 1. The summed E-state index contributed by atoms with van der Waals surface area (Å²) >= 11 is 0. The van der Waals surface area contributed by atoms with E-state index in [2.05, 4.69) is 6.58 Å². The van der Waals surface area contributed by atoms with Gasteiger partial charge in [-0.15, -0.1) is 6.58 Å². The van der Waals surface area contributed by atoms with Gasteiger partial charge in [0.05, 0.1) is 6.26 Å². The summed E-state index contributed by atoms with van der Waals surface area (Å²) in [5.41, 5.74) is 0. The lowest BCUT2D eigenvalue weighted by Crippen LogP contribution is -2.31. The zero-order chi connectivity index (χ0) is 9.61. The van der Waals surface area contributed by atoms with Gasteiger partial charge in [0, 0.05) is 19.7 Å². The van der Waals surface area contributed by atoms with Crippen molar-refractivity contribution in [3.8, 4) is 0 Å². The van der Waals surface area contributed by atoms with Crippen molar-refractivity contribution in [2.45, 2.75) is 6.42 Å². The average molecular weight is 193 g/mol. The van der Waals surface area contributed by atoms with Gasteiger partial charge in [0.2, 0.25) is 10.0 Å². The lowest BCUT2D eigenvalue weighted by Gasteiger charge is -2.16. The Labute approximate surface area is 73.6 Å². The van der Waals surface area contributed by atoms with E-state index in [4.69, 9.17) is 5.11 Å². The highest BCUT2D eigenvalue weighted by molar-refractivity contribution is 7.88. The van der Waals surface area contributed by atoms with Crippen molar-refractivity contribution in [1.29, 1.82) is 0 Å². The van der Waals surface area contributed by atoms with Crippen LogP contribution in [0, 0.1) is 0 Å². The van der Waals surface area contributed by atoms with Crippen LogP contribution in [-0.2, 0) is 10.0 Å². The fraction of sp³-hybridized carbons (Fsp3) is 0.714. The van der Waals surface area contributed by atoms with Crippen molar-refractivity contribution in [1.82, 2.24) is 4.31 Å². The van der Waals surface area contributed by atoms with Crippen LogP contribution in [0.1, 0.15) is 6.42 Å². The molecule has 4 nitrogen and oxygen atoms in total. The van der Waals surface area contributed by atoms with E-state index >= 15 is 0 Å². The van der Waals surface area contributed by atoms with E-state index < -0.39 is 10.0 Å². The zero-order valence-electron chi connectivity index (χ0n) is 7.23. The molecular formula is C7H15NO3S. The molecule has 0 aliphatic heterocycles. The number of rotatable bonds is 6. The second kappa shape index (κ2) is 5.29. The van der Waals surface area contributed by atoms with Gasteiger partial charge in [-0.3, -0.25) is 0 Å². The van der Waals surface area contributed by atoms with E-state index in [0.717, 1.165) is 6.26 Å². The Balaban J connectivity index is 4.14. The Bertz CT molecular complexity index is 223. The third-order valence-electron chi connectivity index (χ3n) is 1.37. The Kier molecular flexibility index (Phi) is 5.12. The molecule has 0 saturated carbocycles. The van der Waals surface area contributed by atoms with Crippen molar-refractivity contribution in [3.05, 3.63) is 12.7 Å². The first kappa shape index (κ1) is 11.6. The molecule has 72 valence electrons. The standard InChI is InChI=1S/C7H15NO3S/c1-3-5-8(6-4-7-9)12(2,10)11/h3,9H,1,4-7H2,2H3. The molecule has 5 heteroatoms. The lowest BCUT2D eigenvalue weighted by atomic mass is 10.4. The van der Waals surface area contributed by atoms with Crippen LogP contribution in [0.5, 0.6) is 0 Å². The highest BCUT2D eigenvalue weighted by Gasteiger charge is 2.13. The van der Waals surface area contributed by atoms with E-state index in [1.54, 1.807) is 0 Å². The lowest BCUT2D eigenvalue weighted by molar-refractivity contribution is 0.273. The van der Waals surface area contributed by atoms with Crippen LogP contribution in [0.15, 0.2) is 12.7 Å². The van der Waals surface area contributed by atoms with Gasteiger partial charge in [0.1, 0.15) is 0 Å². The Hall–Kier alpha value is -0.390. The van der Waals surface area contributed by atoms with Crippen LogP contribution >= 0.6 is 0 Å². The zero-order valence-corrected chi connectivity index (χ0v) is 8.05. The molecule has 0 atom stereocenters. The molecule has 0 aromatic carbocycles. The Morgan fingerprint density at radius 3 is 2.50 bits per heavy atom. The summed E-state index contributed by atoms with van der Waals surface area (Å²) < 4.78 is 23.3. The summed E-state index contributed by atoms with van der Waals surface area (Å²) in [7, 11) is -3.15. The molecule has 1 N–H and O–H groups in total. The second-order valence-electron chi connectivity index (χ2n) is 2.49. The Morgan fingerprint density at radius 1 is 1.58 bits per heavy atom. The van der Waals surface area contributed by atoms with E-state index in [0.29, 0.717) is 19.5 Å². The highest BCUT2D eigenvalue weighted by Crippen LogP contribution is 1.98. The summed E-state index contributed by atoms with van der Waals surface area (Å²) in [6.45, 7) is 4.11. The molecule has 0 aromatic rings. The van der Waals surface area contributed by atoms with Crippen LogP contribution in [-0.4, -0.2) is 43.8 Å². The quantitative estimate of drug-likeness (QED) is 0.595. The molecule has 0 saturated heterocycles. The SMILES string of the molecule is C=CCN(CCCO)S(C)(=O)=O. The van der Waals surface area contributed by atoms with Crippen LogP contribution in [0.25, 0.3) is 0 Å². The number of aliphatic hydroxyl groups excluding tert-OH is 1. The third kappa shape index (κ3) is 4.48. The molecule has 0 aliphatic rings. The van der Waals surface area contributed by atoms with Crippen molar-refractivity contribution in [2.24, 2.45) is 0 Å². The van der Waals surface area contributed by atoms with Crippen LogP contribution in [0.4, 0.5) is 0 Å². The molecule has 0 aromatic heterocycles. The molecule has 0 heterocycles. The number of hydrogen-bond acceptors (Lipinski definition) is 3. The molecule has 0 bridgehead atoms. The maximum absolute atomic E-state index is 11.0. The van der Waals surface area contributed by atoms with Gasteiger partial charge in [-0.05, 0) is 6.42 Å². The van der Waals surface area contributed by atoms with E-state index in [-0.39, 0.29) is 6.61 Å².